The standard InChI is InChI=1S/C52H35N3/c1-3-16-36(17-4-1)37-30-33-40(34-31-37)54(49-29-15-25-45-44-24-11-12-26-46(44)53(52(45)49)39-19-5-2-6-20-39)51-41-21-8-7-18-38(41)32-35-50(51)55-47-27-13-9-22-42(47)43-23-10-14-28-48(43)55/h1-35H. The zero-order valence-corrected chi connectivity index (χ0v) is 30.0. The molecule has 9 aromatic carbocycles. The predicted octanol–water partition coefficient (Wildman–Crippen LogP) is 14.2. The summed E-state index contributed by atoms with van der Waals surface area (Å²) in [4.78, 5) is 2.51. The van der Waals surface area contributed by atoms with Gasteiger partial charge in [0.1, 0.15) is 0 Å². The number of fused-ring (bicyclic) bond motifs is 7. The van der Waals surface area contributed by atoms with Crippen LogP contribution in [0.3, 0.4) is 0 Å². The van der Waals surface area contributed by atoms with Gasteiger partial charge in [-0.3, -0.25) is 0 Å². The van der Waals surface area contributed by atoms with Crippen molar-refractivity contribution in [1.29, 1.82) is 0 Å². The number of nitrogens with zero attached hydrogens (tertiary/aromatic N) is 3. The first kappa shape index (κ1) is 31.2. The second kappa shape index (κ2) is 12.6. The molecule has 11 rings (SSSR count). The van der Waals surface area contributed by atoms with Crippen LogP contribution in [0.15, 0.2) is 212 Å². The van der Waals surface area contributed by atoms with Gasteiger partial charge < -0.3 is 14.0 Å². The minimum atomic E-state index is 1.08. The molecule has 11 aromatic rings. The second-order valence-corrected chi connectivity index (χ2v) is 14.1. The molecule has 258 valence electrons. The largest absolute Gasteiger partial charge is 0.307 e. The molecule has 0 fully saturated rings. The highest BCUT2D eigenvalue weighted by Gasteiger charge is 2.26. The number of aromatic nitrogens is 2. The third-order valence-electron chi connectivity index (χ3n) is 11.1. The molecular formula is C52H35N3. The minimum absolute atomic E-state index is 1.08. The van der Waals surface area contributed by atoms with Crippen molar-refractivity contribution < 1.29 is 0 Å². The van der Waals surface area contributed by atoms with Crippen molar-refractivity contribution in [2.45, 2.75) is 0 Å². The van der Waals surface area contributed by atoms with Crippen LogP contribution in [-0.2, 0) is 0 Å². The lowest BCUT2D eigenvalue weighted by Gasteiger charge is -2.31. The molecule has 0 saturated carbocycles. The van der Waals surface area contributed by atoms with E-state index in [0.29, 0.717) is 0 Å². The van der Waals surface area contributed by atoms with Crippen LogP contribution in [0.4, 0.5) is 17.1 Å². The number of hydrogen-bond donors (Lipinski definition) is 0. The van der Waals surface area contributed by atoms with E-state index in [4.69, 9.17) is 0 Å². The average molecular weight is 702 g/mol. The molecule has 0 N–H and O–H groups in total. The summed E-state index contributed by atoms with van der Waals surface area (Å²) in [5, 5.41) is 7.27. The SMILES string of the molecule is c1ccc(-c2ccc(N(c3c(-n4c5ccccc5c5ccccc54)ccc4ccccc34)c3cccc4c5ccccc5n(-c5ccccc5)c34)cc2)cc1. The summed E-state index contributed by atoms with van der Waals surface area (Å²) < 4.78 is 4.90. The number of rotatable bonds is 6. The lowest BCUT2D eigenvalue weighted by molar-refractivity contribution is 1.14. The second-order valence-electron chi connectivity index (χ2n) is 14.1. The normalized spacial score (nSPS) is 11.6. The van der Waals surface area contributed by atoms with Gasteiger partial charge in [0.25, 0.3) is 0 Å². The maximum atomic E-state index is 2.51. The molecule has 0 aliphatic rings. The summed E-state index contributed by atoms with van der Waals surface area (Å²) in [5.74, 6) is 0. The number of para-hydroxylation sites is 5. The van der Waals surface area contributed by atoms with E-state index >= 15 is 0 Å². The van der Waals surface area contributed by atoms with E-state index in [1.165, 1.54) is 60.0 Å². The highest BCUT2D eigenvalue weighted by molar-refractivity contribution is 6.17. The number of benzene rings is 9. The molecule has 3 heteroatoms. The predicted molar refractivity (Wildman–Crippen MR) is 233 cm³/mol. The highest BCUT2D eigenvalue weighted by atomic mass is 15.2. The first-order valence-electron chi connectivity index (χ1n) is 18.9. The van der Waals surface area contributed by atoms with Gasteiger partial charge in [0.05, 0.1) is 39.1 Å². The zero-order chi connectivity index (χ0) is 36.3. The van der Waals surface area contributed by atoms with E-state index in [9.17, 15) is 0 Å². The Bertz CT molecular complexity index is 3140. The Morgan fingerprint density at radius 2 is 0.836 bits per heavy atom. The zero-order valence-electron chi connectivity index (χ0n) is 30.0. The van der Waals surface area contributed by atoms with Crippen molar-refractivity contribution in [1.82, 2.24) is 9.13 Å². The van der Waals surface area contributed by atoms with Crippen LogP contribution in [0, 0.1) is 0 Å². The van der Waals surface area contributed by atoms with Crippen LogP contribution in [0.25, 0.3) is 76.9 Å². The molecule has 0 aliphatic carbocycles. The van der Waals surface area contributed by atoms with Gasteiger partial charge >= 0.3 is 0 Å². The lowest BCUT2D eigenvalue weighted by Crippen LogP contribution is -2.15. The Morgan fingerprint density at radius 1 is 0.327 bits per heavy atom. The lowest BCUT2D eigenvalue weighted by atomic mass is 10.0. The van der Waals surface area contributed by atoms with E-state index in [0.717, 1.165) is 34.0 Å². The van der Waals surface area contributed by atoms with Gasteiger partial charge in [-0.2, -0.15) is 0 Å². The van der Waals surface area contributed by atoms with Crippen molar-refractivity contribution in [3.8, 4) is 22.5 Å². The average Bonchev–Trinajstić information content (AvgIpc) is 3.78. The number of hydrogen-bond acceptors (Lipinski definition) is 1. The molecule has 2 aromatic heterocycles. The smallest absolute Gasteiger partial charge is 0.0782 e. The van der Waals surface area contributed by atoms with Crippen LogP contribution in [0.5, 0.6) is 0 Å². The van der Waals surface area contributed by atoms with Gasteiger partial charge in [0, 0.05) is 38.3 Å². The molecule has 0 spiro atoms. The quantitative estimate of drug-likeness (QED) is 0.168. The topological polar surface area (TPSA) is 13.1 Å². The van der Waals surface area contributed by atoms with Crippen molar-refractivity contribution in [2.75, 3.05) is 4.90 Å². The van der Waals surface area contributed by atoms with Crippen molar-refractivity contribution in [2.24, 2.45) is 0 Å². The first-order chi connectivity index (χ1) is 27.3. The Hall–Kier alpha value is -7.36. The van der Waals surface area contributed by atoms with Crippen LogP contribution in [0.2, 0.25) is 0 Å². The minimum Gasteiger partial charge on any atom is -0.307 e. The molecular weight excluding hydrogens is 667 g/mol. The molecule has 2 heterocycles. The maximum Gasteiger partial charge on any atom is 0.0782 e. The Kier molecular flexibility index (Phi) is 7.17. The molecule has 3 nitrogen and oxygen atoms in total. The Balaban J connectivity index is 1.30. The van der Waals surface area contributed by atoms with Gasteiger partial charge in [-0.05, 0) is 71.1 Å². The van der Waals surface area contributed by atoms with Gasteiger partial charge in [-0.15, -0.1) is 0 Å². The third kappa shape index (κ3) is 4.91. The van der Waals surface area contributed by atoms with Gasteiger partial charge in [-0.25, -0.2) is 0 Å². The maximum absolute atomic E-state index is 2.51. The van der Waals surface area contributed by atoms with E-state index < -0.39 is 0 Å². The van der Waals surface area contributed by atoms with Gasteiger partial charge in [-0.1, -0.05) is 158 Å². The Morgan fingerprint density at radius 3 is 1.51 bits per heavy atom. The van der Waals surface area contributed by atoms with Crippen LogP contribution in [0.1, 0.15) is 0 Å². The summed E-state index contributed by atoms with van der Waals surface area (Å²) in [7, 11) is 0. The summed E-state index contributed by atoms with van der Waals surface area (Å²) >= 11 is 0. The van der Waals surface area contributed by atoms with Crippen molar-refractivity contribution in [3.05, 3.63) is 212 Å². The monoisotopic (exact) mass is 701 g/mol. The molecule has 0 radical (unpaired) electrons. The van der Waals surface area contributed by atoms with E-state index in [2.05, 4.69) is 226 Å². The molecule has 0 bridgehead atoms. The summed E-state index contributed by atoms with van der Waals surface area (Å²) in [6, 6.07) is 77.0. The molecule has 0 unspecified atom stereocenters. The van der Waals surface area contributed by atoms with Crippen LogP contribution in [-0.4, -0.2) is 9.13 Å². The van der Waals surface area contributed by atoms with E-state index in [1.807, 2.05) is 0 Å². The highest BCUT2D eigenvalue weighted by Crippen LogP contribution is 2.49. The third-order valence-corrected chi connectivity index (χ3v) is 11.1. The van der Waals surface area contributed by atoms with E-state index in [1.54, 1.807) is 0 Å². The van der Waals surface area contributed by atoms with Crippen molar-refractivity contribution in [3.63, 3.8) is 0 Å². The fraction of sp³-hybridized carbons (Fsp3) is 0. The number of anilines is 3. The fourth-order valence-electron chi connectivity index (χ4n) is 8.69. The van der Waals surface area contributed by atoms with Crippen LogP contribution < -0.4 is 4.90 Å². The summed E-state index contributed by atoms with van der Waals surface area (Å²) in [6.07, 6.45) is 0. The molecule has 0 aliphatic heterocycles. The Labute approximate surface area is 319 Å². The molecule has 0 amide bonds. The molecule has 55 heavy (non-hydrogen) atoms. The van der Waals surface area contributed by atoms with Crippen molar-refractivity contribution >= 4 is 71.4 Å². The molecule has 0 saturated heterocycles. The van der Waals surface area contributed by atoms with Crippen LogP contribution >= 0.6 is 0 Å². The first-order valence-corrected chi connectivity index (χ1v) is 18.9. The molecule has 0 atom stereocenters. The fourth-order valence-corrected chi connectivity index (χ4v) is 8.69. The van der Waals surface area contributed by atoms with E-state index in [-0.39, 0.29) is 0 Å². The summed E-state index contributed by atoms with van der Waals surface area (Å²) in [5.41, 5.74) is 12.6. The summed E-state index contributed by atoms with van der Waals surface area (Å²) in [6.45, 7) is 0. The van der Waals surface area contributed by atoms with Gasteiger partial charge in [0.15, 0.2) is 0 Å². The van der Waals surface area contributed by atoms with Gasteiger partial charge in [0.2, 0.25) is 0 Å².